The predicted octanol–water partition coefficient (Wildman–Crippen LogP) is 0.908. The lowest BCUT2D eigenvalue weighted by Gasteiger charge is -2.06. The molecule has 0 atom stereocenters. The molecule has 0 spiro atoms. The van der Waals surface area contributed by atoms with Gasteiger partial charge in [-0.3, -0.25) is 4.79 Å². The monoisotopic (exact) mass is 256 g/mol. The van der Waals surface area contributed by atoms with Crippen molar-refractivity contribution >= 4 is 5.91 Å². The molecule has 5 heteroatoms. The summed E-state index contributed by atoms with van der Waals surface area (Å²) in [6, 6.07) is 11.1. The molecular formula is C14H16N4O. The maximum Gasteiger partial charge on any atom is 0.251 e. The highest BCUT2D eigenvalue weighted by Crippen LogP contribution is 2.06. The van der Waals surface area contributed by atoms with E-state index in [0.717, 1.165) is 17.7 Å². The second-order valence-corrected chi connectivity index (χ2v) is 4.14. The summed E-state index contributed by atoms with van der Waals surface area (Å²) in [7, 11) is 0. The van der Waals surface area contributed by atoms with E-state index in [1.807, 2.05) is 24.3 Å². The minimum Gasteiger partial charge on any atom is -0.346 e. The zero-order valence-corrected chi connectivity index (χ0v) is 10.5. The van der Waals surface area contributed by atoms with E-state index in [1.54, 1.807) is 18.3 Å². The van der Waals surface area contributed by atoms with Crippen LogP contribution in [0.2, 0.25) is 0 Å². The zero-order chi connectivity index (χ0) is 13.5. The molecule has 98 valence electrons. The lowest BCUT2D eigenvalue weighted by Crippen LogP contribution is -2.23. The Kier molecular flexibility index (Phi) is 4.58. The fraction of sp³-hybridized carbons (Fsp3) is 0.214. The molecule has 1 amide bonds. The summed E-state index contributed by atoms with van der Waals surface area (Å²) in [5.74, 6) is -0.121. The Morgan fingerprint density at radius 3 is 2.89 bits per heavy atom. The molecule has 2 aromatic rings. The van der Waals surface area contributed by atoms with Crippen LogP contribution in [-0.2, 0) is 13.0 Å². The first-order chi connectivity index (χ1) is 9.29. The summed E-state index contributed by atoms with van der Waals surface area (Å²) in [6.45, 7) is 0.943. The summed E-state index contributed by atoms with van der Waals surface area (Å²) in [5.41, 5.74) is 7.93. The van der Waals surface area contributed by atoms with Crippen molar-refractivity contribution in [3.63, 3.8) is 0 Å². The molecular weight excluding hydrogens is 240 g/mol. The van der Waals surface area contributed by atoms with Gasteiger partial charge in [-0.15, -0.1) is 0 Å². The largest absolute Gasteiger partial charge is 0.346 e. The molecule has 3 N–H and O–H groups in total. The van der Waals surface area contributed by atoms with Gasteiger partial charge >= 0.3 is 0 Å². The Morgan fingerprint density at radius 1 is 1.26 bits per heavy atom. The van der Waals surface area contributed by atoms with E-state index in [1.165, 1.54) is 0 Å². The molecule has 0 aliphatic rings. The van der Waals surface area contributed by atoms with E-state index < -0.39 is 0 Å². The fourth-order valence-electron chi connectivity index (χ4n) is 1.74. The van der Waals surface area contributed by atoms with Crippen LogP contribution in [0.15, 0.2) is 42.6 Å². The normalized spacial score (nSPS) is 10.2. The average molecular weight is 256 g/mol. The van der Waals surface area contributed by atoms with Crippen LogP contribution >= 0.6 is 0 Å². The minimum absolute atomic E-state index is 0.121. The molecule has 1 aromatic heterocycles. The number of hydrogen-bond donors (Lipinski definition) is 2. The van der Waals surface area contributed by atoms with E-state index in [4.69, 9.17) is 5.73 Å². The second kappa shape index (κ2) is 6.61. The van der Waals surface area contributed by atoms with Crippen molar-refractivity contribution in [1.29, 1.82) is 0 Å². The Morgan fingerprint density at radius 2 is 2.16 bits per heavy atom. The van der Waals surface area contributed by atoms with Gasteiger partial charge in [0.05, 0.1) is 12.2 Å². The van der Waals surface area contributed by atoms with Crippen molar-refractivity contribution in [2.75, 3.05) is 6.54 Å². The first-order valence-corrected chi connectivity index (χ1v) is 6.13. The quantitative estimate of drug-likeness (QED) is 0.833. The maximum atomic E-state index is 12.0. The topological polar surface area (TPSA) is 80.9 Å². The molecule has 0 aliphatic carbocycles. The number of hydrogen-bond acceptors (Lipinski definition) is 4. The van der Waals surface area contributed by atoms with Crippen molar-refractivity contribution in [2.24, 2.45) is 5.73 Å². The number of aromatic nitrogens is 2. The summed E-state index contributed by atoms with van der Waals surface area (Å²) < 4.78 is 0. The molecule has 0 saturated heterocycles. The maximum absolute atomic E-state index is 12.0. The number of nitrogens with one attached hydrogen (secondary N) is 1. The van der Waals surface area contributed by atoms with Crippen molar-refractivity contribution < 1.29 is 4.79 Å². The third-order valence-electron chi connectivity index (χ3n) is 2.68. The highest BCUT2D eigenvalue weighted by molar-refractivity contribution is 5.94. The number of amides is 1. The number of nitrogens with two attached hydrogens (primary N) is 1. The van der Waals surface area contributed by atoms with Gasteiger partial charge in [0.1, 0.15) is 0 Å². The highest BCUT2D eigenvalue weighted by atomic mass is 16.1. The van der Waals surface area contributed by atoms with Crippen LogP contribution in [0.3, 0.4) is 0 Å². The molecule has 0 fully saturated rings. The molecule has 2 rings (SSSR count). The van der Waals surface area contributed by atoms with Gasteiger partial charge in [-0.25, -0.2) is 0 Å². The number of carbonyl (C=O) groups excluding carboxylic acids is 1. The lowest BCUT2D eigenvalue weighted by molar-refractivity contribution is 0.0950. The molecule has 0 saturated carbocycles. The predicted molar refractivity (Wildman–Crippen MR) is 72.4 cm³/mol. The average Bonchev–Trinajstić information content (AvgIpc) is 2.46. The van der Waals surface area contributed by atoms with Crippen LogP contribution in [0.4, 0.5) is 0 Å². The summed E-state index contributed by atoms with van der Waals surface area (Å²) in [5, 5.41) is 10.5. The van der Waals surface area contributed by atoms with Gasteiger partial charge in [-0.1, -0.05) is 12.1 Å². The molecule has 5 nitrogen and oxygen atoms in total. The minimum atomic E-state index is -0.121. The smallest absolute Gasteiger partial charge is 0.251 e. The number of carbonyl (C=O) groups is 1. The van der Waals surface area contributed by atoms with Crippen molar-refractivity contribution in [2.45, 2.75) is 13.0 Å². The number of nitrogens with zero attached hydrogens (tertiary/aromatic N) is 2. The van der Waals surface area contributed by atoms with Crippen LogP contribution in [0, 0.1) is 0 Å². The second-order valence-electron chi connectivity index (χ2n) is 4.14. The molecule has 19 heavy (non-hydrogen) atoms. The Bertz CT molecular complexity index is 542. The molecule has 0 bridgehead atoms. The van der Waals surface area contributed by atoms with E-state index >= 15 is 0 Å². The number of benzene rings is 1. The third-order valence-corrected chi connectivity index (χ3v) is 2.68. The van der Waals surface area contributed by atoms with Gasteiger partial charge in [0.15, 0.2) is 0 Å². The van der Waals surface area contributed by atoms with Gasteiger partial charge in [-0.05, 0) is 42.8 Å². The first-order valence-electron chi connectivity index (χ1n) is 6.13. The molecule has 0 radical (unpaired) electrons. The SMILES string of the molecule is NCCc1cccc(C(=O)NCc2cccnn2)c1. The van der Waals surface area contributed by atoms with Crippen molar-refractivity contribution in [3.05, 3.63) is 59.4 Å². The summed E-state index contributed by atoms with van der Waals surface area (Å²) in [6.07, 6.45) is 2.37. The summed E-state index contributed by atoms with van der Waals surface area (Å²) >= 11 is 0. The lowest BCUT2D eigenvalue weighted by atomic mass is 10.1. The van der Waals surface area contributed by atoms with Crippen molar-refractivity contribution in [3.8, 4) is 0 Å². The summed E-state index contributed by atoms with van der Waals surface area (Å²) in [4.78, 5) is 12.0. The molecule has 0 aliphatic heterocycles. The van der Waals surface area contributed by atoms with Gasteiger partial charge in [-0.2, -0.15) is 10.2 Å². The number of rotatable bonds is 5. The Hall–Kier alpha value is -2.27. The van der Waals surface area contributed by atoms with Gasteiger partial charge in [0.25, 0.3) is 5.91 Å². The van der Waals surface area contributed by atoms with E-state index in [0.29, 0.717) is 18.7 Å². The van der Waals surface area contributed by atoms with Crippen LogP contribution in [0.1, 0.15) is 21.6 Å². The van der Waals surface area contributed by atoms with Gasteiger partial charge in [0, 0.05) is 11.8 Å². The van der Waals surface area contributed by atoms with E-state index in [-0.39, 0.29) is 5.91 Å². The van der Waals surface area contributed by atoms with E-state index in [9.17, 15) is 4.79 Å². The Labute approximate surface area is 111 Å². The van der Waals surface area contributed by atoms with Crippen LogP contribution < -0.4 is 11.1 Å². The van der Waals surface area contributed by atoms with Crippen molar-refractivity contribution in [1.82, 2.24) is 15.5 Å². The fourth-order valence-corrected chi connectivity index (χ4v) is 1.74. The first kappa shape index (κ1) is 13.2. The molecule has 1 aromatic carbocycles. The van der Waals surface area contributed by atoms with Crippen LogP contribution in [-0.4, -0.2) is 22.6 Å². The standard InChI is InChI=1S/C14H16N4O/c15-7-6-11-3-1-4-12(9-11)14(19)16-10-13-5-2-8-17-18-13/h1-5,8-9H,6-7,10,15H2,(H,16,19). The van der Waals surface area contributed by atoms with Gasteiger partial charge < -0.3 is 11.1 Å². The van der Waals surface area contributed by atoms with E-state index in [2.05, 4.69) is 15.5 Å². The van der Waals surface area contributed by atoms with Gasteiger partial charge in [0.2, 0.25) is 0 Å². The van der Waals surface area contributed by atoms with Crippen LogP contribution in [0.25, 0.3) is 0 Å². The third kappa shape index (κ3) is 3.86. The molecule has 1 heterocycles. The highest BCUT2D eigenvalue weighted by Gasteiger charge is 2.06. The van der Waals surface area contributed by atoms with Crippen LogP contribution in [0.5, 0.6) is 0 Å². The zero-order valence-electron chi connectivity index (χ0n) is 10.5. The Balaban J connectivity index is 1.98. The molecule has 0 unspecified atom stereocenters.